The minimum absolute atomic E-state index is 0.00516. The average molecular weight is 533 g/mol. The predicted molar refractivity (Wildman–Crippen MR) is 177 cm³/mol. The normalized spacial score (nSPS) is 15.1. The highest BCUT2D eigenvalue weighted by molar-refractivity contribution is 5.61. The van der Waals surface area contributed by atoms with Crippen molar-refractivity contribution in [3.8, 4) is 0 Å². The molecule has 2 rings (SSSR count). The van der Waals surface area contributed by atoms with Gasteiger partial charge in [-0.2, -0.15) is 0 Å². The first kappa shape index (κ1) is 33.6. The molecular formula is C39H64. The summed E-state index contributed by atoms with van der Waals surface area (Å²) in [6.07, 6.45) is 1.08. The van der Waals surface area contributed by atoms with Crippen molar-refractivity contribution in [3.63, 3.8) is 0 Å². The summed E-state index contributed by atoms with van der Waals surface area (Å²) in [4.78, 5) is 0. The first-order valence-electron chi connectivity index (χ1n) is 15.5. The van der Waals surface area contributed by atoms with Crippen LogP contribution in [0.4, 0.5) is 0 Å². The molecule has 2 aromatic carbocycles. The first-order valence-corrected chi connectivity index (χ1v) is 15.5. The molecule has 0 aliphatic carbocycles. The molecule has 0 nitrogen and oxygen atoms in total. The van der Waals surface area contributed by atoms with Gasteiger partial charge in [0.2, 0.25) is 0 Å². The van der Waals surface area contributed by atoms with E-state index in [9.17, 15) is 0 Å². The second-order valence-corrected chi connectivity index (χ2v) is 18.4. The van der Waals surface area contributed by atoms with E-state index < -0.39 is 0 Å². The van der Waals surface area contributed by atoms with Crippen molar-refractivity contribution >= 4 is 0 Å². The van der Waals surface area contributed by atoms with Crippen molar-refractivity contribution < 1.29 is 0 Å². The molecule has 1 unspecified atom stereocenters. The fraction of sp³-hybridized carbons (Fsp3) is 0.692. The van der Waals surface area contributed by atoms with Gasteiger partial charge in [-0.05, 0) is 83.4 Å². The molecule has 0 saturated heterocycles. The molecule has 0 amide bonds. The Balaban J connectivity index is 3.43. The van der Waals surface area contributed by atoms with Crippen molar-refractivity contribution in [1.29, 1.82) is 0 Å². The van der Waals surface area contributed by atoms with E-state index in [1.165, 1.54) is 22.3 Å². The first-order chi connectivity index (χ1) is 17.1. The average Bonchev–Trinajstić information content (AvgIpc) is 2.69. The summed E-state index contributed by atoms with van der Waals surface area (Å²) in [5, 5.41) is 0. The van der Waals surface area contributed by atoms with Crippen LogP contribution in [0, 0.1) is 0 Å². The molecule has 0 fully saturated rings. The van der Waals surface area contributed by atoms with Crippen LogP contribution in [0.2, 0.25) is 0 Å². The molecule has 0 aromatic heterocycles. The summed E-state index contributed by atoms with van der Waals surface area (Å²) in [5.41, 5.74) is 12.6. The summed E-state index contributed by atoms with van der Waals surface area (Å²) >= 11 is 0. The quantitative estimate of drug-likeness (QED) is 0.369. The SMILES string of the molecule is CCC(c1c(C(C)(C)C)cccc1C(C)(C)C)c1c(C(C)(C)C)cc(C(C)(C)C)c(C(C)(C)C)c1C(C)(C)C. The molecule has 0 N–H and O–H groups in total. The number of rotatable bonds is 3. The van der Waals surface area contributed by atoms with Gasteiger partial charge in [0.25, 0.3) is 0 Å². The number of hydrogen-bond donors (Lipinski definition) is 0. The van der Waals surface area contributed by atoms with Gasteiger partial charge in [0.1, 0.15) is 0 Å². The lowest BCUT2D eigenvalue weighted by atomic mass is 9.61. The monoisotopic (exact) mass is 533 g/mol. The van der Waals surface area contributed by atoms with Gasteiger partial charge in [-0.25, -0.2) is 0 Å². The minimum atomic E-state index is 0.00516. The maximum atomic E-state index is 2.63. The Bertz CT molecular complexity index is 1130. The molecule has 39 heavy (non-hydrogen) atoms. The van der Waals surface area contributed by atoms with Gasteiger partial charge >= 0.3 is 0 Å². The van der Waals surface area contributed by atoms with E-state index in [1.54, 1.807) is 22.3 Å². The standard InChI is InChI=1S/C39H64/c1-20-25(30-26(34(2,3)4)22-21-23-27(30)35(5,6)7)31-28(36(8,9)10)24-29(37(11,12)13)32(38(14,15)16)33(31)39(17,18)19/h21-25H,20H2,1-19H3. The molecule has 0 spiro atoms. The molecule has 0 saturated carbocycles. The van der Waals surface area contributed by atoms with E-state index >= 15 is 0 Å². The summed E-state index contributed by atoms with van der Waals surface area (Å²) in [5.74, 6) is 0.327. The largest absolute Gasteiger partial charge is 0.0645 e. The second-order valence-electron chi connectivity index (χ2n) is 18.4. The molecule has 0 heteroatoms. The number of benzene rings is 2. The Morgan fingerprint density at radius 1 is 0.436 bits per heavy atom. The zero-order valence-corrected chi connectivity index (χ0v) is 29.6. The minimum Gasteiger partial charge on any atom is -0.0645 e. The van der Waals surface area contributed by atoms with Gasteiger partial charge < -0.3 is 0 Å². The third-order valence-electron chi connectivity index (χ3n) is 8.31. The second kappa shape index (κ2) is 10.4. The molecular weight excluding hydrogens is 468 g/mol. The van der Waals surface area contributed by atoms with E-state index in [-0.39, 0.29) is 32.5 Å². The highest BCUT2D eigenvalue weighted by Crippen LogP contribution is 2.52. The summed E-state index contributed by atoms with van der Waals surface area (Å²) in [6, 6.07) is 9.75. The Morgan fingerprint density at radius 2 is 0.795 bits per heavy atom. The molecule has 220 valence electrons. The molecule has 0 aliphatic heterocycles. The third-order valence-corrected chi connectivity index (χ3v) is 8.31. The van der Waals surface area contributed by atoms with Gasteiger partial charge in [-0.15, -0.1) is 0 Å². The van der Waals surface area contributed by atoms with Crippen LogP contribution in [0.25, 0.3) is 0 Å². The van der Waals surface area contributed by atoms with Crippen molar-refractivity contribution in [2.24, 2.45) is 0 Å². The topological polar surface area (TPSA) is 0 Å². The lowest BCUT2D eigenvalue weighted by Gasteiger charge is -2.44. The summed E-state index contributed by atoms with van der Waals surface area (Å²) in [6.45, 7) is 45.9. The number of hydrogen-bond acceptors (Lipinski definition) is 0. The molecule has 0 heterocycles. The zero-order chi connectivity index (χ0) is 30.7. The maximum absolute atomic E-state index is 2.63. The Hall–Kier alpha value is -1.56. The van der Waals surface area contributed by atoms with E-state index in [0.717, 1.165) is 6.42 Å². The van der Waals surface area contributed by atoms with E-state index in [1.807, 2.05) is 0 Å². The Morgan fingerprint density at radius 3 is 1.08 bits per heavy atom. The predicted octanol–water partition coefficient (Wildman–Crippen LogP) is 12.0. The van der Waals surface area contributed by atoms with E-state index in [2.05, 4.69) is 156 Å². The highest BCUT2D eigenvalue weighted by Gasteiger charge is 2.40. The molecule has 0 bridgehead atoms. The van der Waals surface area contributed by atoms with Crippen molar-refractivity contribution in [2.45, 2.75) is 176 Å². The van der Waals surface area contributed by atoms with Crippen molar-refractivity contribution in [1.82, 2.24) is 0 Å². The molecule has 2 aromatic rings. The fourth-order valence-electron chi connectivity index (χ4n) is 6.63. The lowest BCUT2D eigenvalue weighted by Crippen LogP contribution is -2.34. The molecule has 0 radical (unpaired) electrons. The van der Waals surface area contributed by atoms with Crippen LogP contribution < -0.4 is 0 Å². The molecule has 0 aliphatic rings. The maximum Gasteiger partial charge on any atom is 0.00985 e. The summed E-state index contributed by atoms with van der Waals surface area (Å²) in [7, 11) is 0. The fourth-order valence-corrected chi connectivity index (χ4v) is 6.63. The van der Waals surface area contributed by atoms with Crippen LogP contribution in [-0.2, 0) is 32.5 Å². The van der Waals surface area contributed by atoms with Gasteiger partial charge in [-0.3, -0.25) is 0 Å². The van der Waals surface area contributed by atoms with Crippen LogP contribution in [-0.4, -0.2) is 0 Å². The third kappa shape index (κ3) is 7.02. The van der Waals surface area contributed by atoms with Crippen molar-refractivity contribution in [2.75, 3.05) is 0 Å². The van der Waals surface area contributed by atoms with Crippen LogP contribution >= 0.6 is 0 Å². The zero-order valence-electron chi connectivity index (χ0n) is 29.6. The highest BCUT2D eigenvalue weighted by atomic mass is 14.4. The van der Waals surface area contributed by atoms with Crippen molar-refractivity contribution in [3.05, 3.63) is 68.8 Å². The Kier molecular flexibility index (Phi) is 8.94. The van der Waals surface area contributed by atoms with Crippen LogP contribution in [0.1, 0.15) is 188 Å². The lowest BCUT2D eigenvalue weighted by molar-refractivity contribution is 0.477. The van der Waals surface area contributed by atoms with Gasteiger partial charge in [0, 0.05) is 5.92 Å². The van der Waals surface area contributed by atoms with Gasteiger partial charge in [0.05, 0.1) is 0 Å². The van der Waals surface area contributed by atoms with Gasteiger partial charge in [-0.1, -0.05) is 156 Å². The summed E-state index contributed by atoms with van der Waals surface area (Å²) < 4.78 is 0. The smallest absolute Gasteiger partial charge is 0.00985 e. The van der Waals surface area contributed by atoms with Crippen LogP contribution in [0.15, 0.2) is 24.3 Å². The van der Waals surface area contributed by atoms with Gasteiger partial charge in [0.15, 0.2) is 0 Å². The molecule has 1 atom stereocenters. The Labute approximate surface area is 244 Å². The van der Waals surface area contributed by atoms with Crippen LogP contribution in [0.5, 0.6) is 0 Å². The van der Waals surface area contributed by atoms with E-state index in [4.69, 9.17) is 0 Å². The van der Waals surface area contributed by atoms with Crippen LogP contribution in [0.3, 0.4) is 0 Å². The van der Waals surface area contributed by atoms with E-state index in [0.29, 0.717) is 5.92 Å².